The number of Topliss-reactive ketones (excluding diaryl/α,β-unsaturated/α-hetero) is 1. The normalized spacial score (nSPS) is 13.7. The molecular formula is C30H38F3N6O3+. The Labute approximate surface area is 243 Å². The van der Waals surface area contributed by atoms with Gasteiger partial charge in [-0.05, 0) is 74.1 Å². The van der Waals surface area contributed by atoms with Crippen LogP contribution in [-0.2, 0) is 23.8 Å². The molecule has 0 saturated carbocycles. The summed E-state index contributed by atoms with van der Waals surface area (Å²) in [5, 5.41) is 16.2. The number of aryl methyl sites for hydroxylation is 2. The smallest absolute Gasteiger partial charge is 0.485 e. The fraction of sp³-hybridized carbons (Fsp3) is 0.467. The summed E-state index contributed by atoms with van der Waals surface area (Å²) in [4.78, 5) is 22.6. The Morgan fingerprint density at radius 3 is 2.71 bits per heavy atom. The van der Waals surface area contributed by atoms with Crippen LogP contribution in [0.5, 0.6) is 5.75 Å². The number of pyridine rings is 1. The molecule has 3 aromatic rings. The third kappa shape index (κ3) is 9.04. The molecule has 226 valence electrons. The van der Waals surface area contributed by atoms with Crippen LogP contribution in [0.4, 0.5) is 24.8 Å². The van der Waals surface area contributed by atoms with Crippen LogP contribution in [0, 0.1) is 0 Å². The first-order chi connectivity index (χ1) is 20.2. The van der Waals surface area contributed by atoms with Gasteiger partial charge in [0.1, 0.15) is 30.4 Å². The Bertz CT molecular complexity index is 1310. The third-order valence-electron chi connectivity index (χ3n) is 7.19. The van der Waals surface area contributed by atoms with Crippen LogP contribution < -0.4 is 20.1 Å². The zero-order valence-electron chi connectivity index (χ0n) is 23.7. The van der Waals surface area contributed by atoms with Crippen molar-refractivity contribution in [1.82, 2.24) is 14.9 Å². The molecule has 4 rings (SSSR count). The monoisotopic (exact) mass is 587 g/mol. The average molecular weight is 588 g/mol. The lowest BCUT2D eigenvalue weighted by atomic mass is 10.1. The molecule has 2 aromatic heterocycles. The summed E-state index contributed by atoms with van der Waals surface area (Å²) in [5.74, 6) is -0.240. The summed E-state index contributed by atoms with van der Waals surface area (Å²) in [7, 11) is 0. The van der Waals surface area contributed by atoms with Gasteiger partial charge in [0.2, 0.25) is 0 Å². The maximum atomic E-state index is 13.2. The van der Waals surface area contributed by atoms with Crippen LogP contribution in [0.25, 0.3) is 0 Å². The van der Waals surface area contributed by atoms with Gasteiger partial charge in [-0.1, -0.05) is 24.3 Å². The number of carbonyl (C=O) groups is 1. The lowest BCUT2D eigenvalue weighted by molar-refractivity contribution is -0.906. The molecule has 1 unspecified atom stereocenters. The van der Waals surface area contributed by atoms with Gasteiger partial charge < -0.3 is 15.3 Å². The minimum Gasteiger partial charge on any atom is -0.492 e. The standard InChI is InChI=1S/C30H37F3N6O3/c1-22(40)26(37-27-14-17-35-29(39(27)41)30(31,32)33)15-19-38(20-21-42-25-10-3-2-4-11-25)18-6-5-9-24-13-12-23-8-7-16-34-28(23)36-24/h2-4,10-14,17,26,41H,5-9,15-16,18-21H2,1H3,(H,34,36)/p+1. The van der Waals surface area contributed by atoms with Gasteiger partial charge in [-0.15, -0.1) is 4.98 Å². The van der Waals surface area contributed by atoms with Crippen molar-refractivity contribution in [3.63, 3.8) is 0 Å². The molecule has 0 saturated heterocycles. The number of halogens is 3. The molecular weight excluding hydrogens is 549 g/mol. The summed E-state index contributed by atoms with van der Waals surface area (Å²) in [6, 6.07) is 14.1. The molecule has 1 aliphatic rings. The first kappa shape index (κ1) is 31.0. The van der Waals surface area contributed by atoms with Crippen LogP contribution in [0.2, 0.25) is 0 Å². The number of nitrogens with zero attached hydrogens (tertiary/aromatic N) is 4. The topological polar surface area (TPSA) is 103 Å². The second-order valence-electron chi connectivity index (χ2n) is 10.4. The SMILES string of the molecule is CC(=O)C(CCN(CCCCc1ccc2c(n1)NCCC2)CCOc1ccccc1)Nc1ccnc(C(F)(F)F)[n+]1O. The average Bonchev–Trinajstić information content (AvgIpc) is 2.97. The van der Waals surface area contributed by atoms with Gasteiger partial charge >= 0.3 is 12.0 Å². The van der Waals surface area contributed by atoms with E-state index in [1.807, 2.05) is 30.3 Å². The minimum atomic E-state index is -4.85. The van der Waals surface area contributed by atoms with E-state index < -0.39 is 18.0 Å². The third-order valence-corrected chi connectivity index (χ3v) is 7.19. The second-order valence-corrected chi connectivity index (χ2v) is 10.4. The molecule has 0 aliphatic carbocycles. The lowest BCUT2D eigenvalue weighted by Gasteiger charge is -2.24. The predicted octanol–water partition coefficient (Wildman–Crippen LogP) is 4.54. The Balaban J connectivity index is 1.34. The van der Waals surface area contributed by atoms with Crippen LogP contribution in [-0.4, -0.2) is 64.7 Å². The van der Waals surface area contributed by atoms with Crippen molar-refractivity contribution in [3.05, 3.63) is 71.8 Å². The number of fused-ring (bicyclic) bond motifs is 1. The number of aromatic nitrogens is 3. The second kappa shape index (κ2) is 14.8. The molecule has 9 nitrogen and oxygen atoms in total. The number of benzene rings is 1. The molecule has 0 radical (unpaired) electrons. The van der Waals surface area contributed by atoms with E-state index in [0.717, 1.165) is 68.7 Å². The summed E-state index contributed by atoms with van der Waals surface area (Å²) in [5.41, 5.74) is 2.31. The van der Waals surface area contributed by atoms with Crippen LogP contribution in [0.1, 0.15) is 49.7 Å². The van der Waals surface area contributed by atoms with E-state index in [9.17, 15) is 23.2 Å². The van der Waals surface area contributed by atoms with Crippen molar-refractivity contribution < 1.29 is 32.6 Å². The number of anilines is 2. The number of para-hydroxylation sites is 1. The molecule has 12 heteroatoms. The van der Waals surface area contributed by atoms with E-state index in [1.165, 1.54) is 18.6 Å². The molecule has 3 N–H and O–H groups in total. The van der Waals surface area contributed by atoms with Crippen molar-refractivity contribution in [2.75, 3.05) is 43.4 Å². The number of nitrogens with one attached hydrogen (secondary N) is 2. The van der Waals surface area contributed by atoms with Gasteiger partial charge in [0, 0.05) is 37.8 Å². The van der Waals surface area contributed by atoms with Gasteiger partial charge in [0.15, 0.2) is 5.78 Å². The molecule has 1 aliphatic heterocycles. The molecule has 0 amide bonds. The highest BCUT2D eigenvalue weighted by Gasteiger charge is 2.43. The fourth-order valence-corrected chi connectivity index (χ4v) is 4.88. The molecule has 0 bridgehead atoms. The van der Waals surface area contributed by atoms with E-state index in [1.54, 1.807) is 0 Å². The van der Waals surface area contributed by atoms with E-state index in [2.05, 4.69) is 32.7 Å². The highest BCUT2D eigenvalue weighted by atomic mass is 19.4. The van der Waals surface area contributed by atoms with Crippen molar-refractivity contribution >= 4 is 17.4 Å². The first-order valence-corrected chi connectivity index (χ1v) is 14.3. The maximum absolute atomic E-state index is 13.2. The highest BCUT2D eigenvalue weighted by Crippen LogP contribution is 2.25. The molecule has 1 atom stereocenters. The largest absolute Gasteiger partial charge is 0.492 e. The minimum absolute atomic E-state index is 0.0638. The number of rotatable bonds is 15. The Morgan fingerprint density at radius 1 is 1.14 bits per heavy atom. The fourth-order valence-electron chi connectivity index (χ4n) is 4.88. The van der Waals surface area contributed by atoms with Crippen LogP contribution in [0.3, 0.4) is 0 Å². The number of unbranched alkanes of at least 4 members (excludes halogenated alkanes) is 1. The molecule has 1 aromatic carbocycles. The maximum Gasteiger partial charge on any atom is 0.485 e. The van der Waals surface area contributed by atoms with Gasteiger partial charge in [0.05, 0.1) is 0 Å². The lowest BCUT2D eigenvalue weighted by Crippen LogP contribution is -2.46. The van der Waals surface area contributed by atoms with Crippen LogP contribution in [0.15, 0.2) is 54.7 Å². The van der Waals surface area contributed by atoms with Gasteiger partial charge in [-0.2, -0.15) is 13.2 Å². The van der Waals surface area contributed by atoms with Gasteiger partial charge in [-0.3, -0.25) is 15.0 Å². The Hall–Kier alpha value is -3.93. The molecule has 0 spiro atoms. The van der Waals surface area contributed by atoms with E-state index >= 15 is 0 Å². The molecule has 42 heavy (non-hydrogen) atoms. The zero-order chi connectivity index (χ0) is 30.0. The number of carbonyl (C=O) groups excluding carboxylic acids is 1. The first-order valence-electron chi connectivity index (χ1n) is 14.3. The van der Waals surface area contributed by atoms with Crippen molar-refractivity contribution in [2.24, 2.45) is 0 Å². The summed E-state index contributed by atoms with van der Waals surface area (Å²) >= 11 is 0. The Kier molecular flexibility index (Phi) is 10.9. The van der Waals surface area contributed by atoms with Gasteiger partial charge in [-0.25, -0.2) is 4.98 Å². The van der Waals surface area contributed by atoms with E-state index in [4.69, 9.17) is 9.72 Å². The predicted molar refractivity (Wildman–Crippen MR) is 152 cm³/mol. The highest BCUT2D eigenvalue weighted by molar-refractivity contribution is 5.83. The quantitative estimate of drug-likeness (QED) is 0.135. The number of ketones is 1. The Morgan fingerprint density at radius 2 is 1.95 bits per heavy atom. The zero-order valence-corrected chi connectivity index (χ0v) is 23.7. The number of hydrogen-bond donors (Lipinski definition) is 3. The number of hydrogen-bond acceptors (Lipinski definition) is 8. The number of ether oxygens (including phenoxy) is 1. The summed E-state index contributed by atoms with van der Waals surface area (Å²) in [6.45, 7) is 4.61. The number of alkyl halides is 3. The molecule has 0 fully saturated rings. The van der Waals surface area contributed by atoms with E-state index in [-0.39, 0.29) is 16.3 Å². The van der Waals surface area contributed by atoms with Crippen molar-refractivity contribution in [3.8, 4) is 5.75 Å². The van der Waals surface area contributed by atoms with Gasteiger partial charge in [0.25, 0.3) is 5.82 Å². The molecule has 3 heterocycles. The summed E-state index contributed by atoms with van der Waals surface area (Å²) < 4.78 is 45.4. The van der Waals surface area contributed by atoms with Crippen molar-refractivity contribution in [1.29, 1.82) is 0 Å². The van der Waals surface area contributed by atoms with Crippen molar-refractivity contribution in [2.45, 2.75) is 57.7 Å². The summed E-state index contributed by atoms with van der Waals surface area (Å²) in [6.07, 6.45) is 1.26. The van der Waals surface area contributed by atoms with Crippen LogP contribution >= 0.6 is 0 Å². The van der Waals surface area contributed by atoms with E-state index in [0.29, 0.717) is 26.1 Å².